The van der Waals surface area contributed by atoms with E-state index in [1.54, 1.807) is 12.1 Å². The first-order valence-corrected chi connectivity index (χ1v) is 8.56. The number of guanidine groups is 1. The van der Waals surface area contributed by atoms with Crippen LogP contribution >= 0.6 is 0 Å². The van der Waals surface area contributed by atoms with Crippen LogP contribution in [0.5, 0.6) is 5.75 Å². The second-order valence-electron chi connectivity index (χ2n) is 5.56. The van der Waals surface area contributed by atoms with Crippen LogP contribution in [0.1, 0.15) is 33.1 Å². The maximum atomic E-state index is 12.9. The number of hydrogen-bond acceptors (Lipinski definition) is 4. The number of ether oxygens (including phenoxy) is 2. The van der Waals surface area contributed by atoms with E-state index in [1.165, 1.54) is 19.2 Å². The third-order valence-electron chi connectivity index (χ3n) is 3.33. The quantitative estimate of drug-likeness (QED) is 0.293. The van der Waals surface area contributed by atoms with E-state index in [2.05, 4.69) is 20.4 Å². The fraction of sp³-hybridized carbons (Fsp3) is 0.556. The van der Waals surface area contributed by atoms with E-state index in [0.717, 1.165) is 25.9 Å². The van der Waals surface area contributed by atoms with Crippen molar-refractivity contribution >= 4 is 11.9 Å². The fourth-order valence-corrected chi connectivity index (χ4v) is 2.05. The maximum absolute atomic E-state index is 12.9. The lowest BCUT2D eigenvalue weighted by molar-refractivity contribution is -0.140. The first-order valence-electron chi connectivity index (χ1n) is 8.56. The van der Waals surface area contributed by atoms with E-state index >= 15 is 0 Å². The highest BCUT2D eigenvalue weighted by atomic mass is 19.1. The standard InChI is InChI=1S/C18H28FN3O3/c1-4-20-18(21-12-6-5-7-17(23)24-3)22-13-14(2)25-16-10-8-15(19)9-11-16/h8-11,14H,4-7,12-13H2,1-3H3,(H2,20,21,22). The summed E-state index contributed by atoms with van der Waals surface area (Å²) < 4.78 is 23.2. The van der Waals surface area contributed by atoms with Crippen molar-refractivity contribution in [2.75, 3.05) is 26.7 Å². The Morgan fingerprint density at radius 1 is 1.24 bits per heavy atom. The Kier molecular flexibility index (Phi) is 10.0. The van der Waals surface area contributed by atoms with Gasteiger partial charge in [0, 0.05) is 19.5 Å². The Bertz CT molecular complexity index is 535. The summed E-state index contributed by atoms with van der Waals surface area (Å²) in [5.41, 5.74) is 0. The highest BCUT2D eigenvalue weighted by molar-refractivity contribution is 5.79. The lowest BCUT2D eigenvalue weighted by atomic mass is 10.2. The molecule has 0 spiro atoms. The van der Waals surface area contributed by atoms with Gasteiger partial charge in [0.2, 0.25) is 0 Å². The van der Waals surface area contributed by atoms with Gasteiger partial charge in [0.15, 0.2) is 5.96 Å². The molecule has 0 aliphatic rings. The molecule has 7 heteroatoms. The van der Waals surface area contributed by atoms with Crippen molar-refractivity contribution in [2.24, 2.45) is 4.99 Å². The number of esters is 1. The molecule has 0 aromatic heterocycles. The first-order chi connectivity index (χ1) is 12.0. The van der Waals surface area contributed by atoms with Crippen LogP contribution in [0.25, 0.3) is 0 Å². The molecule has 140 valence electrons. The topological polar surface area (TPSA) is 72.0 Å². The summed E-state index contributed by atoms with van der Waals surface area (Å²) in [7, 11) is 1.39. The summed E-state index contributed by atoms with van der Waals surface area (Å²) >= 11 is 0. The summed E-state index contributed by atoms with van der Waals surface area (Å²) in [6, 6.07) is 5.93. The fourth-order valence-electron chi connectivity index (χ4n) is 2.05. The van der Waals surface area contributed by atoms with Gasteiger partial charge < -0.3 is 20.1 Å². The van der Waals surface area contributed by atoms with E-state index in [4.69, 9.17) is 4.74 Å². The number of nitrogens with zero attached hydrogens (tertiary/aromatic N) is 1. The van der Waals surface area contributed by atoms with Crippen LogP contribution < -0.4 is 15.4 Å². The van der Waals surface area contributed by atoms with Gasteiger partial charge in [-0.05, 0) is 51.0 Å². The van der Waals surface area contributed by atoms with Crippen LogP contribution in [0.2, 0.25) is 0 Å². The highest BCUT2D eigenvalue weighted by Gasteiger charge is 2.05. The molecule has 1 atom stereocenters. The monoisotopic (exact) mass is 353 g/mol. The van der Waals surface area contributed by atoms with Crippen molar-refractivity contribution < 1.29 is 18.7 Å². The molecule has 0 aliphatic heterocycles. The summed E-state index contributed by atoms with van der Waals surface area (Å²) in [5.74, 6) is 0.844. The van der Waals surface area contributed by atoms with Crippen LogP contribution in [0.4, 0.5) is 4.39 Å². The normalized spacial score (nSPS) is 12.4. The molecular formula is C18H28FN3O3. The van der Waals surface area contributed by atoms with Crippen molar-refractivity contribution in [3.63, 3.8) is 0 Å². The van der Waals surface area contributed by atoms with Gasteiger partial charge in [0.25, 0.3) is 0 Å². The molecular weight excluding hydrogens is 325 g/mol. The first kappa shape index (κ1) is 20.7. The van der Waals surface area contributed by atoms with Crippen LogP contribution in [-0.2, 0) is 9.53 Å². The molecule has 0 fully saturated rings. The molecule has 0 saturated carbocycles. The SMILES string of the molecule is CCNC(=NCC(C)Oc1ccc(F)cc1)NCCCCC(=O)OC. The third-order valence-corrected chi connectivity index (χ3v) is 3.33. The van der Waals surface area contributed by atoms with Crippen LogP contribution in [-0.4, -0.2) is 44.8 Å². The minimum absolute atomic E-state index is 0.139. The molecule has 2 N–H and O–H groups in total. The van der Waals surface area contributed by atoms with E-state index in [0.29, 0.717) is 24.7 Å². The molecule has 25 heavy (non-hydrogen) atoms. The van der Waals surface area contributed by atoms with E-state index in [1.807, 2.05) is 13.8 Å². The number of carbonyl (C=O) groups is 1. The molecule has 0 saturated heterocycles. The number of benzene rings is 1. The smallest absolute Gasteiger partial charge is 0.305 e. The average molecular weight is 353 g/mol. The zero-order valence-electron chi connectivity index (χ0n) is 15.2. The number of methoxy groups -OCH3 is 1. The third kappa shape index (κ3) is 9.54. The number of aliphatic imine (C=N–C) groups is 1. The Hall–Kier alpha value is -2.31. The molecule has 1 aromatic rings. The van der Waals surface area contributed by atoms with Crippen LogP contribution in [0.3, 0.4) is 0 Å². The highest BCUT2D eigenvalue weighted by Crippen LogP contribution is 2.13. The van der Waals surface area contributed by atoms with Crippen LogP contribution in [0, 0.1) is 5.82 Å². The summed E-state index contributed by atoms with van der Waals surface area (Å²) in [4.78, 5) is 15.5. The molecule has 1 unspecified atom stereocenters. The van der Waals surface area contributed by atoms with Gasteiger partial charge in [-0.2, -0.15) is 0 Å². The number of hydrogen-bond donors (Lipinski definition) is 2. The van der Waals surface area contributed by atoms with Crippen molar-refractivity contribution in [2.45, 2.75) is 39.2 Å². The van der Waals surface area contributed by atoms with Gasteiger partial charge in [-0.1, -0.05) is 0 Å². The van der Waals surface area contributed by atoms with Gasteiger partial charge in [-0.25, -0.2) is 9.38 Å². The van der Waals surface area contributed by atoms with Crippen molar-refractivity contribution in [1.82, 2.24) is 10.6 Å². The number of carbonyl (C=O) groups excluding carboxylic acids is 1. The number of halogens is 1. The van der Waals surface area contributed by atoms with Gasteiger partial charge in [-0.15, -0.1) is 0 Å². The molecule has 6 nitrogen and oxygen atoms in total. The van der Waals surface area contributed by atoms with E-state index in [-0.39, 0.29) is 17.9 Å². The van der Waals surface area contributed by atoms with Crippen molar-refractivity contribution in [3.8, 4) is 5.75 Å². The van der Waals surface area contributed by atoms with Gasteiger partial charge in [0.1, 0.15) is 17.7 Å². The van der Waals surface area contributed by atoms with Gasteiger partial charge >= 0.3 is 5.97 Å². The summed E-state index contributed by atoms with van der Waals surface area (Å²) in [6.45, 7) is 5.84. The zero-order chi connectivity index (χ0) is 18.5. The lowest BCUT2D eigenvalue weighted by Gasteiger charge is -2.15. The molecule has 1 rings (SSSR count). The molecule has 0 aliphatic carbocycles. The van der Waals surface area contributed by atoms with Gasteiger partial charge in [0.05, 0.1) is 13.7 Å². The average Bonchev–Trinajstić information content (AvgIpc) is 2.61. The van der Waals surface area contributed by atoms with Crippen LogP contribution in [0.15, 0.2) is 29.3 Å². The van der Waals surface area contributed by atoms with Crippen molar-refractivity contribution in [3.05, 3.63) is 30.1 Å². The molecule has 0 amide bonds. The maximum Gasteiger partial charge on any atom is 0.305 e. The number of nitrogens with one attached hydrogen (secondary N) is 2. The predicted octanol–water partition coefficient (Wildman–Crippen LogP) is 2.49. The van der Waals surface area contributed by atoms with E-state index in [9.17, 15) is 9.18 Å². The van der Waals surface area contributed by atoms with E-state index < -0.39 is 0 Å². The van der Waals surface area contributed by atoms with Crippen molar-refractivity contribution in [1.29, 1.82) is 0 Å². The largest absolute Gasteiger partial charge is 0.489 e. The Morgan fingerprint density at radius 3 is 2.60 bits per heavy atom. The molecule has 0 heterocycles. The second kappa shape index (κ2) is 12.1. The molecule has 0 bridgehead atoms. The van der Waals surface area contributed by atoms with Gasteiger partial charge in [-0.3, -0.25) is 4.79 Å². The Balaban J connectivity index is 2.35. The Labute approximate surface area is 148 Å². The molecule has 0 radical (unpaired) electrons. The second-order valence-corrected chi connectivity index (χ2v) is 5.56. The zero-order valence-corrected chi connectivity index (χ0v) is 15.2. The molecule has 1 aromatic carbocycles. The summed E-state index contributed by atoms with van der Waals surface area (Å²) in [6.07, 6.45) is 1.90. The minimum atomic E-state index is -0.288. The predicted molar refractivity (Wildman–Crippen MR) is 96.3 cm³/mol. The number of rotatable bonds is 10. The summed E-state index contributed by atoms with van der Waals surface area (Å²) in [5, 5.41) is 6.38. The number of unbranched alkanes of at least 4 members (excludes halogenated alkanes) is 1. The lowest BCUT2D eigenvalue weighted by Crippen LogP contribution is -2.38. The minimum Gasteiger partial charge on any atom is -0.489 e. The Morgan fingerprint density at radius 2 is 1.96 bits per heavy atom.